The van der Waals surface area contributed by atoms with Crippen molar-refractivity contribution in [3.05, 3.63) is 29.8 Å². The highest BCUT2D eigenvalue weighted by Crippen LogP contribution is 2.17. The highest BCUT2D eigenvalue weighted by atomic mass is 32.1. The molecule has 4 N–H and O–H groups in total. The average molecular weight is 279 g/mol. The maximum Gasteiger partial charge on any atom is 0.181 e. The molecule has 0 spiro atoms. The van der Waals surface area contributed by atoms with E-state index in [0.717, 1.165) is 5.56 Å². The molecule has 1 aromatic rings. The van der Waals surface area contributed by atoms with E-state index in [0.29, 0.717) is 17.7 Å². The molecule has 0 bridgehead atoms. The van der Waals surface area contributed by atoms with Crippen molar-refractivity contribution in [1.29, 1.82) is 0 Å². The molecule has 19 heavy (non-hydrogen) atoms. The molecule has 2 rings (SSSR count). The Morgan fingerprint density at radius 2 is 1.84 bits per heavy atom. The van der Waals surface area contributed by atoms with Crippen LogP contribution in [0.5, 0.6) is 5.75 Å². The van der Waals surface area contributed by atoms with Crippen LogP contribution >= 0.6 is 12.2 Å². The van der Waals surface area contributed by atoms with Crippen molar-refractivity contribution in [1.82, 2.24) is 16.2 Å². The third kappa shape index (κ3) is 5.04. The molecule has 0 aliphatic heterocycles. The number of rotatable bonds is 4. The number of hydrogen-bond donors (Lipinski definition) is 4. The second-order valence-corrected chi connectivity index (χ2v) is 5.36. The summed E-state index contributed by atoms with van der Waals surface area (Å²) in [6.07, 6.45) is 6.35. The predicted molar refractivity (Wildman–Crippen MR) is 80.7 cm³/mol. The maximum absolute atomic E-state index is 9.19. The summed E-state index contributed by atoms with van der Waals surface area (Å²) in [6, 6.07) is 7.62. The van der Waals surface area contributed by atoms with Crippen LogP contribution < -0.4 is 16.2 Å². The van der Waals surface area contributed by atoms with E-state index in [-0.39, 0.29) is 5.75 Å². The van der Waals surface area contributed by atoms with Gasteiger partial charge in [0.2, 0.25) is 0 Å². The summed E-state index contributed by atoms with van der Waals surface area (Å²) in [6.45, 7) is 0.659. The van der Waals surface area contributed by atoms with E-state index in [1.807, 2.05) is 12.1 Å². The summed E-state index contributed by atoms with van der Waals surface area (Å²) in [5.41, 5.74) is 7.16. The van der Waals surface area contributed by atoms with Crippen LogP contribution in [0.2, 0.25) is 0 Å². The average Bonchev–Trinajstić information content (AvgIpc) is 2.42. The van der Waals surface area contributed by atoms with Crippen LogP contribution in [-0.2, 0) is 6.54 Å². The lowest BCUT2D eigenvalue weighted by molar-refractivity contribution is 0.410. The molecule has 0 heterocycles. The summed E-state index contributed by atoms with van der Waals surface area (Å²) in [4.78, 5) is 0. The maximum atomic E-state index is 9.19. The number of aromatic hydroxyl groups is 1. The van der Waals surface area contributed by atoms with Gasteiger partial charge in [-0.2, -0.15) is 0 Å². The van der Waals surface area contributed by atoms with Gasteiger partial charge >= 0.3 is 0 Å². The molecule has 0 saturated heterocycles. The Kier molecular flexibility index (Phi) is 5.42. The Hall–Kier alpha value is -1.33. The zero-order valence-electron chi connectivity index (χ0n) is 11.0. The van der Waals surface area contributed by atoms with Gasteiger partial charge in [0.05, 0.1) is 0 Å². The molecule has 1 aliphatic rings. The second kappa shape index (κ2) is 7.31. The molecule has 0 radical (unpaired) electrons. The summed E-state index contributed by atoms with van der Waals surface area (Å²) in [5.74, 6) is 0.284. The summed E-state index contributed by atoms with van der Waals surface area (Å²) in [7, 11) is 0. The second-order valence-electron chi connectivity index (χ2n) is 4.95. The van der Waals surface area contributed by atoms with Crippen LogP contribution in [0.3, 0.4) is 0 Å². The highest BCUT2D eigenvalue weighted by Gasteiger charge is 2.13. The molecule has 0 unspecified atom stereocenters. The lowest BCUT2D eigenvalue weighted by atomic mass is 9.96. The van der Waals surface area contributed by atoms with Gasteiger partial charge < -0.3 is 10.4 Å². The van der Waals surface area contributed by atoms with Gasteiger partial charge in [0.15, 0.2) is 5.11 Å². The van der Waals surface area contributed by atoms with Gasteiger partial charge in [0.25, 0.3) is 0 Å². The molecular formula is C14H21N3OS. The van der Waals surface area contributed by atoms with E-state index in [2.05, 4.69) is 16.2 Å². The molecule has 5 heteroatoms. The van der Waals surface area contributed by atoms with Gasteiger partial charge in [-0.25, -0.2) is 5.43 Å². The Morgan fingerprint density at radius 3 is 2.53 bits per heavy atom. The Balaban J connectivity index is 1.64. The molecular weight excluding hydrogens is 258 g/mol. The van der Waals surface area contributed by atoms with Gasteiger partial charge in [-0.3, -0.25) is 5.43 Å². The molecule has 1 aliphatic carbocycles. The van der Waals surface area contributed by atoms with Gasteiger partial charge in [0.1, 0.15) is 5.75 Å². The van der Waals surface area contributed by atoms with Crippen LogP contribution in [0.15, 0.2) is 24.3 Å². The Labute approximate surface area is 119 Å². The minimum atomic E-state index is 0.284. The van der Waals surface area contributed by atoms with Crippen LogP contribution in [0, 0.1) is 0 Å². The first kappa shape index (κ1) is 14.1. The minimum Gasteiger partial charge on any atom is -0.508 e. The van der Waals surface area contributed by atoms with Gasteiger partial charge in [-0.05, 0) is 42.8 Å². The first-order valence-electron chi connectivity index (χ1n) is 6.81. The van der Waals surface area contributed by atoms with Crippen LogP contribution in [0.1, 0.15) is 37.7 Å². The first-order chi connectivity index (χ1) is 9.24. The molecule has 0 aromatic heterocycles. The SMILES string of the molecule is Oc1ccc(CNNC(=S)NC2CCCCC2)cc1. The fraction of sp³-hybridized carbons (Fsp3) is 0.500. The van der Waals surface area contributed by atoms with Crippen molar-refractivity contribution in [2.75, 3.05) is 0 Å². The lowest BCUT2D eigenvalue weighted by Crippen LogP contribution is -2.47. The lowest BCUT2D eigenvalue weighted by Gasteiger charge is -2.24. The standard InChI is InChI=1S/C14H21N3OS/c18-13-8-6-11(7-9-13)10-15-17-14(19)16-12-4-2-1-3-5-12/h6-9,12,15,18H,1-5,10H2,(H2,16,17,19). The van der Waals surface area contributed by atoms with E-state index in [1.54, 1.807) is 12.1 Å². The molecule has 0 amide bonds. The van der Waals surface area contributed by atoms with Crippen molar-refractivity contribution in [3.8, 4) is 5.75 Å². The number of nitrogens with one attached hydrogen (secondary N) is 3. The molecule has 4 nitrogen and oxygen atoms in total. The first-order valence-corrected chi connectivity index (χ1v) is 7.22. The molecule has 1 saturated carbocycles. The van der Waals surface area contributed by atoms with Crippen molar-refractivity contribution < 1.29 is 5.11 Å². The smallest absolute Gasteiger partial charge is 0.181 e. The van der Waals surface area contributed by atoms with E-state index < -0.39 is 0 Å². The van der Waals surface area contributed by atoms with E-state index in [4.69, 9.17) is 12.2 Å². The number of hydrogen-bond acceptors (Lipinski definition) is 3. The fourth-order valence-electron chi connectivity index (χ4n) is 2.31. The van der Waals surface area contributed by atoms with Gasteiger partial charge in [-0.1, -0.05) is 31.4 Å². The van der Waals surface area contributed by atoms with E-state index in [1.165, 1.54) is 32.1 Å². The Morgan fingerprint density at radius 1 is 1.16 bits per heavy atom. The van der Waals surface area contributed by atoms with E-state index >= 15 is 0 Å². The molecule has 104 valence electrons. The molecule has 0 atom stereocenters. The number of thiocarbonyl (C=S) groups is 1. The number of hydrazine groups is 1. The molecule has 1 fully saturated rings. The van der Waals surface area contributed by atoms with E-state index in [9.17, 15) is 5.11 Å². The van der Waals surface area contributed by atoms with Crippen molar-refractivity contribution in [2.24, 2.45) is 0 Å². The number of benzene rings is 1. The zero-order valence-corrected chi connectivity index (χ0v) is 11.8. The van der Waals surface area contributed by atoms with Gasteiger partial charge in [0, 0.05) is 12.6 Å². The molecule has 1 aromatic carbocycles. The van der Waals surface area contributed by atoms with Crippen LogP contribution in [0.25, 0.3) is 0 Å². The summed E-state index contributed by atoms with van der Waals surface area (Å²) in [5, 5.41) is 13.2. The summed E-state index contributed by atoms with van der Waals surface area (Å²) >= 11 is 5.25. The minimum absolute atomic E-state index is 0.284. The fourth-order valence-corrected chi connectivity index (χ4v) is 2.55. The Bertz CT molecular complexity index is 402. The predicted octanol–water partition coefficient (Wildman–Crippen LogP) is 2.19. The topological polar surface area (TPSA) is 56.3 Å². The quantitative estimate of drug-likeness (QED) is 0.503. The highest BCUT2D eigenvalue weighted by molar-refractivity contribution is 7.80. The normalized spacial score (nSPS) is 16.0. The monoisotopic (exact) mass is 279 g/mol. The van der Waals surface area contributed by atoms with Crippen molar-refractivity contribution in [2.45, 2.75) is 44.7 Å². The third-order valence-electron chi connectivity index (χ3n) is 3.37. The van der Waals surface area contributed by atoms with Crippen LogP contribution in [-0.4, -0.2) is 16.3 Å². The van der Waals surface area contributed by atoms with Gasteiger partial charge in [-0.15, -0.1) is 0 Å². The van der Waals surface area contributed by atoms with Crippen molar-refractivity contribution in [3.63, 3.8) is 0 Å². The largest absolute Gasteiger partial charge is 0.508 e. The number of phenolic OH excluding ortho intramolecular Hbond substituents is 1. The number of phenols is 1. The third-order valence-corrected chi connectivity index (χ3v) is 3.59. The summed E-state index contributed by atoms with van der Waals surface area (Å²) < 4.78 is 0. The van der Waals surface area contributed by atoms with Crippen molar-refractivity contribution >= 4 is 17.3 Å². The van der Waals surface area contributed by atoms with Crippen LogP contribution in [0.4, 0.5) is 0 Å². The zero-order chi connectivity index (χ0) is 13.5.